The third-order valence-electron chi connectivity index (χ3n) is 3.24. The van der Waals surface area contributed by atoms with Crippen LogP contribution in [0.3, 0.4) is 0 Å². The predicted molar refractivity (Wildman–Crippen MR) is 61.9 cm³/mol. The van der Waals surface area contributed by atoms with E-state index in [4.69, 9.17) is 10.5 Å². The number of benzene rings is 1. The number of fused-ring (bicyclic) bond motifs is 1. The highest BCUT2D eigenvalue weighted by molar-refractivity contribution is 5.34. The third kappa shape index (κ3) is 2.21. The van der Waals surface area contributed by atoms with Crippen LogP contribution >= 0.6 is 0 Å². The number of ether oxygens (including phenoxy) is 1. The molecule has 0 radical (unpaired) electrons. The highest BCUT2D eigenvalue weighted by Crippen LogP contribution is 2.25. The first-order valence-corrected chi connectivity index (χ1v) is 5.69. The Hall–Kier alpha value is -0.860. The van der Waals surface area contributed by atoms with Gasteiger partial charge in [-0.15, -0.1) is 0 Å². The average molecular weight is 205 g/mol. The van der Waals surface area contributed by atoms with Crippen molar-refractivity contribution in [1.29, 1.82) is 0 Å². The highest BCUT2D eigenvalue weighted by Gasteiger charge is 2.13. The molecule has 0 amide bonds. The second-order valence-corrected chi connectivity index (χ2v) is 4.20. The fraction of sp³-hybridized carbons (Fsp3) is 0.538. The van der Waals surface area contributed by atoms with E-state index in [9.17, 15) is 0 Å². The second-order valence-electron chi connectivity index (χ2n) is 4.20. The van der Waals surface area contributed by atoms with Crippen LogP contribution in [-0.2, 0) is 17.6 Å². The maximum atomic E-state index is 5.67. The fourth-order valence-electron chi connectivity index (χ4n) is 2.32. The molecule has 0 aromatic heterocycles. The SMILES string of the molecule is COC(CN)c1ccc2c(c1)CCCC2. The normalized spacial score (nSPS) is 17.2. The molecule has 0 bridgehead atoms. The Morgan fingerprint density at radius 3 is 2.67 bits per heavy atom. The number of aryl methyl sites for hydroxylation is 2. The molecule has 2 heteroatoms. The van der Waals surface area contributed by atoms with Gasteiger partial charge in [0.1, 0.15) is 0 Å². The largest absolute Gasteiger partial charge is 0.375 e. The summed E-state index contributed by atoms with van der Waals surface area (Å²) >= 11 is 0. The molecule has 0 heterocycles. The lowest BCUT2D eigenvalue weighted by atomic mass is 9.89. The van der Waals surface area contributed by atoms with Gasteiger partial charge in [-0.05, 0) is 42.4 Å². The molecule has 1 atom stereocenters. The minimum absolute atomic E-state index is 0.0530. The van der Waals surface area contributed by atoms with Gasteiger partial charge in [-0.2, -0.15) is 0 Å². The van der Waals surface area contributed by atoms with Crippen molar-refractivity contribution in [2.24, 2.45) is 5.73 Å². The molecule has 0 fully saturated rings. The Bertz CT molecular complexity index is 331. The van der Waals surface area contributed by atoms with Crippen LogP contribution in [0.4, 0.5) is 0 Å². The van der Waals surface area contributed by atoms with Crippen molar-refractivity contribution >= 4 is 0 Å². The van der Waals surface area contributed by atoms with Gasteiger partial charge in [0.15, 0.2) is 0 Å². The maximum Gasteiger partial charge on any atom is 0.0943 e. The van der Waals surface area contributed by atoms with Gasteiger partial charge in [-0.3, -0.25) is 0 Å². The lowest BCUT2D eigenvalue weighted by Crippen LogP contribution is -2.15. The van der Waals surface area contributed by atoms with Crippen LogP contribution < -0.4 is 5.73 Å². The number of methoxy groups -OCH3 is 1. The van der Waals surface area contributed by atoms with Crippen molar-refractivity contribution < 1.29 is 4.74 Å². The summed E-state index contributed by atoms with van der Waals surface area (Å²) in [6.45, 7) is 0.551. The highest BCUT2D eigenvalue weighted by atomic mass is 16.5. The number of hydrogen-bond donors (Lipinski definition) is 1. The molecule has 2 N–H and O–H groups in total. The van der Waals surface area contributed by atoms with Gasteiger partial charge < -0.3 is 10.5 Å². The molecule has 1 aromatic rings. The third-order valence-corrected chi connectivity index (χ3v) is 3.24. The molecule has 1 unspecified atom stereocenters. The van der Waals surface area contributed by atoms with Gasteiger partial charge in [-0.1, -0.05) is 18.2 Å². The summed E-state index contributed by atoms with van der Waals surface area (Å²) in [6.07, 6.45) is 5.14. The Labute approximate surface area is 91.4 Å². The van der Waals surface area contributed by atoms with Crippen LogP contribution in [0.5, 0.6) is 0 Å². The van der Waals surface area contributed by atoms with E-state index < -0.39 is 0 Å². The lowest BCUT2D eigenvalue weighted by Gasteiger charge is -2.19. The zero-order chi connectivity index (χ0) is 10.7. The van der Waals surface area contributed by atoms with Gasteiger partial charge in [0.25, 0.3) is 0 Å². The Morgan fingerprint density at radius 2 is 2.00 bits per heavy atom. The van der Waals surface area contributed by atoms with Gasteiger partial charge in [0.05, 0.1) is 6.10 Å². The number of nitrogens with two attached hydrogens (primary N) is 1. The van der Waals surface area contributed by atoms with Crippen molar-refractivity contribution in [2.75, 3.05) is 13.7 Å². The average Bonchev–Trinajstić information content (AvgIpc) is 2.30. The predicted octanol–water partition coefficient (Wildman–Crippen LogP) is 2.21. The Kier molecular flexibility index (Phi) is 3.39. The zero-order valence-electron chi connectivity index (χ0n) is 9.33. The first-order chi connectivity index (χ1) is 7.35. The summed E-state index contributed by atoms with van der Waals surface area (Å²) < 4.78 is 5.35. The van der Waals surface area contributed by atoms with Crippen LogP contribution in [-0.4, -0.2) is 13.7 Å². The topological polar surface area (TPSA) is 35.2 Å². The first-order valence-electron chi connectivity index (χ1n) is 5.69. The smallest absolute Gasteiger partial charge is 0.0943 e. The van der Waals surface area contributed by atoms with Crippen molar-refractivity contribution in [3.63, 3.8) is 0 Å². The Morgan fingerprint density at radius 1 is 1.27 bits per heavy atom. The molecule has 1 aromatic carbocycles. The van der Waals surface area contributed by atoms with Crippen molar-refractivity contribution in [3.8, 4) is 0 Å². The standard InChI is InChI=1S/C13H19NO/c1-15-13(9-14)12-7-6-10-4-2-3-5-11(10)8-12/h6-8,13H,2-5,9,14H2,1H3. The van der Waals surface area contributed by atoms with E-state index in [1.807, 2.05) is 0 Å². The minimum atomic E-state index is 0.0530. The van der Waals surface area contributed by atoms with Crippen LogP contribution in [0.1, 0.15) is 35.6 Å². The van der Waals surface area contributed by atoms with Crippen LogP contribution in [0, 0.1) is 0 Å². The summed E-state index contributed by atoms with van der Waals surface area (Å²) in [5.74, 6) is 0. The molecular formula is C13H19NO. The summed E-state index contributed by atoms with van der Waals surface area (Å²) in [7, 11) is 1.72. The maximum absolute atomic E-state index is 5.67. The van der Waals surface area contributed by atoms with Crippen molar-refractivity contribution in [2.45, 2.75) is 31.8 Å². The van der Waals surface area contributed by atoms with Crippen LogP contribution in [0.15, 0.2) is 18.2 Å². The summed E-state index contributed by atoms with van der Waals surface area (Å²) in [6, 6.07) is 6.67. The zero-order valence-corrected chi connectivity index (χ0v) is 9.33. The number of rotatable bonds is 3. The summed E-state index contributed by atoms with van der Waals surface area (Å²) in [4.78, 5) is 0. The molecule has 0 saturated carbocycles. The first kappa shape index (κ1) is 10.7. The molecular weight excluding hydrogens is 186 g/mol. The van der Waals surface area contributed by atoms with E-state index in [1.165, 1.54) is 42.4 Å². The molecule has 15 heavy (non-hydrogen) atoms. The molecule has 0 saturated heterocycles. The van der Waals surface area contributed by atoms with E-state index in [0.717, 1.165) is 0 Å². The van der Waals surface area contributed by atoms with Crippen molar-refractivity contribution in [3.05, 3.63) is 34.9 Å². The van der Waals surface area contributed by atoms with Crippen LogP contribution in [0.25, 0.3) is 0 Å². The number of hydrogen-bond acceptors (Lipinski definition) is 2. The van der Waals surface area contributed by atoms with E-state index >= 15 is 0 Å². The van der Waals surface area contributed by atoms with Gasteiger partial charge >= 0.3 is 0 Å². The van der Waals surface area contributed by atoms with Gasteiger partial charge in [0, 0.05) is 13.7 Å². The Balaban J connectivity index is 2.27. The van der Waals surface area contributed by atoms with E-state index in [1.54, 1.807) is 7.11 Å². The van der Waals surface area contributed by atoms with Gasteiger partial charge in [-0.25, -0.2) is 0 Å². The quantitative estimate of drug-likeness (QED) is 0.821. The molecule has 0 aliphatic heterocycles. The van der Waals surface area contributed by atoms with E-state index in [-0.39, 0.29) is 6.10 Å². The monoisotopic (exact) mass is 205 g/mol. The molecule has 2 nitrogen and oxygen atoms in total. The molecule has 2 rings (SSSR count). The summed E-state index contributed by atoms with van der Waals surface area (Å²) in [5, 5.41) is 0. The van der Waals surface area contributed by atoms with E-state index in [0.29, 0.717) is 6.54 Å². The van der Waals surface area contributed by atoms with Gasteiger partial charge in [0.2, 0.25) is 0 Å². The van der Waals surface area contributed by atoms with E-state index in [2.05, 4.69) is 18.2 Å². The van der Waals surface area contributed by atoms with Crippen LogP contribution in [0.2, 0.25) is 0 Å². The molecule has 1 aliphatic rings. The van der Waals surface area contributed by atoms with Crippen molar-refractivity contribution in [1.82, 2.24) is 0 Å². The minimum Gasteiger partial charge on any atom is -0.375 e. The fourth-order valence-corrected chi connectivity index (χ4v) is 2.32. The lowest BCUT2D eigenvalue weighted by molar-refractivity contribution is 0.110. The molecule has 82 valence electrons. The molecule has 1 aliphatic carbocycles. The molecule has 0 spiro atoms. The second kappa shape index (κ2) is 4.77. The summed E-state index contributed by atoms with van der Waals surface area (Å²) in [5.41, 5.74) is 9.89.